The maximum atomic E-state index is 5.60. The van der Waals surface area contributed by atoms with Gasteiger partial charge < -0.3 is 10.5 Å². The third kappa shape index (κ3) is 5.87. The fraction of sp³-hybridized carbons (Fsp3) is 0.333. The second-order valence-corrected chi connectivity index (χ2v) is 4.45. The van der Waals surface area contributed by atoms with Crippen molar-refractivity contribution in [3.8, 4) is 5.75 Å². The molecule has 0 amide bonds. The van der Waals surface area contributed by atoms with Crippen molar-refractivity contribution in [2.45, 2.75) is 13.8 Å². The molecule has 0 radical (unpaired) electrons. The molecule has 0 unspecified atom stereocenters. The molecule has 4 nitrogen and oxygen atoms in total. The summed E-state index contributed by atoms with van der Waals surface area (Å²) in [5.41, 5.74) is 8.68. The molecule has 0 aliphatic heterocycles. The SMILES string of the molecule is CC(C)COc1cccc(C=NNC(N)=S)c1. The normalized spacial score (nSPS) is 10.8. The maximum Gasteiger partial charge on any atom is 0.184 e. The van der Waals surface area contributed by atoms with E-state index in [-0.39, 0.29) is 5.11 Å². The van der Waals surface area contributed by atoms with Crippen LogP contribution in [-0.4, -0.2) is 17.9 Å². The Morgan fingerprint density at radius 1 is 1.59 bits per heavy atom. The van der Waals surface area contributed by atoms with Crippen molar-refractivity contribution >= 4 is 23.5 Å². The first-order valence-corrected chi connectivity index (χ1v) is 5.80. The summed E-state index contributed by atoms with van der Waals surface area (Å²) in [6.45, 7) is 4.92. The largest absolute Gasteiger partial charge is 0.493 e. The minimum Gasteiger partial charge on any atom is -0.493 e. The molecule has 1 rings (SSSR count). The van der Waals surface area contributed by atoms with Crippen LogP contribution in [0, 0.1) is 5.92 Å². The number of hydrogen-bond acceptors (Lipinski definition) is 3. The highest BCUT2D eigenvalue weighted by Gasteiger charge is 1.97. The lowest BCUT2D eigenvalue weighted by molar-refractivity contribution is 0.271. The van der Waals surface area contributed by atoms with E-state index < -0.39 is 0 Å². The summed E-state index contributed by atoms with van der Waals surface area (Å²) in [7, 11) is 0. The number of nitrogens with one attached hydrogen (secondary N) is 1. The Hall–Kier alpha value is -1.62. The van der Waals surface area contributed by atoms with Gasteiger partial charge in [-0.15, -0.1) is 0 Å². The molecule has 3 N–H and O–H groups in total. The minimum absolute atomic E-state index is 0.147. The molecular weight excluding hydrogens is 234 g/mol. The molecule has 17 heavy (non-hydrogen) atoms. The second-order valence-electron chi connectivity index (χ2n) is 4.01. The predicted octanol–water partition coefficient (Wildman–Crippen LogP) is 1.89. The van der Waals surface area contributed by atoms with Crippen molar-refractivity contribution in [2.24, 2.45) is 16.8 Å². The number of thiocarbonyl (C=S) groups is 1. The molecule has 92 valence electrons. The Labute approximate surface area is 107 Å². The lowest BCUT2D eigenvalue weighted by Gasteiger charge is -2.08. The molecule has 0 spiro atoms. The number of hydrazone groups is 1. The van der Waals surface area contributed by atoms with Crippen LogP contribution in [0.3, 0.4) is 0 Å². The van der Waals surface area contributed by atoms with Gasteiger partial charge in [0.1, 0.15) is 5.75 Å². The topological polar surface area (TPSA) is 59.6 Å². The van der Waals surface area contributed by atoms with Gasteiger partial charge in [0.15, 0.2) is 5.11 Å². The van der Waals surface area contributed by atoms with Crippen LogP contribution in [0.4, 0.5) is 0 Å². The molecule has 0 aliphatic rings. The molecule has 0 saturated carbocycles. The Balaban J connectivity index is 2.59. The summed E-state index contributed by atoms with van der Waals surface area (Å²) in [4.78, 5) is 0. The first-order valence-electron chi connectivity index (χ1n) is 5.39. The van der Waals surface area contributed by atoms with Gasteiger partial charge in [0.25, 0.3) is 0 Å². The van der Waals surface area contributed by atoms with Crippen molar-refractivity contribution in [1.29, 1.82) is 0 Å². The number of benzene rings is 1. The van der Waals surface area contributed by atoms with Gasteiger partial charge in [-0.05, 0) is 35.8 Å². The van der Waals surface area contributed by atoms with E-state index in [1.165, 1.54) is 0 Å². The molecule has 0 atom stereocenters. The van der Waals surface area contributed by atoms with Gasteiger partial charge >= 0.3 is 0 Å². The smallest absolute Gasteiger partial charge is 0.184 e. The summed E-state index contributed by atoms with van der Waals surface area (Å²) in [6, 6.07) is 7.67. The molecule has 0 bridgehead atoms. The van der Waals surface area contributed by atoms with Crippen LogP contribution in [0.2, 0.25) is 0 Å². The van der Waals surface area contributed by atoms with Crippen molar-refractivity contribution in [3.63, 3.8) is 0 Å². The van der Waals surface area contributed by atoms with E-state index in [0.717, 1.165) is 11.3 Å². The lowest BCUT2D eigenvalue weighted by Crippen LogP contribution is -2.23. The second kappa shape index (κ2) is 6.85. The van der Waals surface area contributed by atoms with Crippen LogP contribution in [0.1, 0.15) is 19.4 Å². The Morgan fingerprint density at radius 2 is 2.35 bits per heavy atom. The monoisotopic (exact) mass is 251 g/mol. The van der Waals surface area contributed by atoms with Gasteiger partial charge in [0.05, 0.1) is 12.8 Å². The van der Waals surface area contributed by atoms with Gasteiger partial charge in [0.2, 0.25) is 0 Å². The Bertz CT molecular complexity index is 404. The Morgan fingerprint density at radius 3 is 3.00 bits per heavy atom. The summed E-state index contributed by atoms with van der Waals surface area (Å²) in [5, 5.41) is 4.03. The first kappa shape index (κ1) is 13.4. The van der Waals surface area contributed by atoms with E-state index in [9.17, 15) is 0 Å². The summed E-state index contributed by atoms with van der Waals surface area (Å²) in [5.74, 6) is 1.33. The average molecular weight is 251 g/mol. The molecule has 1 aromatic rings. The quantitative estimate of drug-likeness (QED) is 0.476. The fourth-order valence-electron chi connectivity index (χ4n) is 1.12. The number of hydrogen-bond donors (Lipinski definition) is 2. The molecule has 0 saturated heterocycles. The van der Waals surface area contributed by atoms with Crippen molar-refractivity contribution in [3.05, 3.63) is 29.8 Å². The number of nitrogens with zero attached hydrogens (tertiary/aromatic N) is 1. The third-order valence-electron chi connectivity index (χ3n) is 1.83. The maximum absolute atomic E-state index is 5.60. The molecule has 0 aliphatic carbocycles. The molecule has 5 heteroatoms. The molecular formula is C12H17N3OS. The summed E-state index contributed by atoms with van der Waals surface area (Å²) < 4.78 is 5.60. The highest BCUT2D eigenvalue weighted by Crippen LogP contribution is 2.12. The third-order valence-corrected chi connectivity index (χ3v) is 1.92. The fourth-order valence-corrected chi connectivity index (χ4v) is 1.17. The van der Waals surface area contributed by atoms with Crippen LogP contribution in [-0.2, 0) is 0 Å². The van der Waals surface area contributed by atoms with Crippen LogP contribution in [0.15, 0.2) is 29.4 Å². The van der Waals surface area contributed by atoms with Gasteiger partial charge in [0, 0.05) is 0 Å². The van der Waals surface area contributed by atoms with Crippen LogP contribution in [0.5, 0.6) is 5.75 Å². The van der Waals surface area contributed by atoms with Crippen molar-refractivity contribution in [2.75, 3.05) is 6.61 Å². The van der Waals surface area contributed by atoms with E-state index in [2.05, 4.69) is 36.6 Å². The highest BCUT2D eigenvalue weighted by molar-refractivity contribution is 7.80. The number of ether oxygens (including phenoxy) is 1. The molecule has 0 fully saturated rings. The van der Waals surface area contributed by atoms with Crippen molar-refractivity contribution in [1.82, 2.24) is 5.43 Å². The summed E-state index contributed by atoms with van der Waals surface area (Å²) >= 11 is 4.64. The van der Waals surface area contributed by atoms with E-state index in [4.69, 9.17) is 10.5 Å². The zero-order valence-corrected chi connectivity index (χ0v) is 10.8. The molecule has 1 aromatic carbocycles. The standard InChI is InChI=1S/C12H17N3OS/c1-9(2)8-16-11-5-3-4-10(6-11)7-14-15-12(13)17/h3-7,9H,8H2,1-2H3,(H3,13,15,17). The van der Waals surface area contributed by atoms with Gasteiger partial charge in [-0.3, -0.25) is 5.43 Å². The van der Waals surface area contributed by atoms with E-state index >= 15 is 0 Å². The first-order chi connectivity index (χ1) is 8.08. The molecule has 0 heterocycles. The van der Waals surface area contributed by atoms with E-state index in [1.54, 1.807) is 6.21 Å². The van der Waals surface area contributed by atoms with E-state index in [0.29, 0.717) is 12.5 Å². The van der Waals surface area contributed by atoms with Crippen molar-refractivity contribution < 1.29 is 4.74 Å². The van der Waals surface area contributed by atoms with Gasteiger partial charge in [-0.25, -0.2) is 0 Å². The minimum atomic E-state index is 0.147. The average Bonchev–Trinajstić information content (AvgIpc) is 2.26. The van der Waals surface area contributed by atoms with E-state index in [1.807, 2.05) is 24.3 Å². The Kier molecular flexibility index (Phi) is 5.42. The zero-order valence-electron chi connectivity index (χ0n) is 10.0. The zero-order chi connectivity index (χ0) is 12.7. The van der Waals surface area contributed by atoms with Crippen LogP contribution >= 0.6 is 12.2 Å². The van der Waals surface area contributed by atoms with Crippen LogP contribution in [0.25, 0.3) is 0 Å². The van der Waals surface area contributed by atoms with Crippen LogP contribution < -0.4 is 15.9 Å². The van der Waals surface area contributed by atoms with Gasteiger partial charge in [-0.2, -0.15) is 5.10 Å². The highest BCUT2D eigenvalue weighted by atomic mass is 32.1. The number of nitrogens with two attached hydrogens (primary N) is 1. The lowest BCUT2D eigenvalue weighted by atomic mass is 10.2. The number of rotatable bonds is 5. The summed E-state index contributed by atoms with van der Waals surface area (Å²) in [6.07, 6.45) is 1.64. The van der Waals surface area contributed by atoms with Gasteiger partial charge in [-0.1, -0.05) is 26.0 Å². The molecule has 0 aromatic heterocycles. The predicted molar refractivity (Wildman–Crippen MR) is 74.3 cm³/mol.